The number of unbranched alkanes of at least 4 members (excludes halogenated alkanes) is 12. The SMILES string of the molecule is CCCCCCCCCCCCCCC[Si](OC)(OC)OC. The molecule has 134 valence electrons. The first kappa shape index (κ1) is 22.1. The van der Waals surface area contributed by atoms with E-state index in [-0.39, 0.29) is 0 Å². The van der Waals surface area contributed by atoms with Crippen molar-refractivity contribution in [2.45, 2.75) is 96.4 Å². The van der Waals surface area contributed by atoms with Crippen molar-refractivity contribution >= 4 is 8.80 Å². The Kier molecular flexibility index (Phi) is 16.0. The lowest BCUT2D eigenvalue weighted by atomic mass is 10.1. The third-order valence-electron chi connectivity index (χ3n) is 4.52. The first-order valence-corrected chi connectivity index (χ1v) is 11.3. The molecule has 0 aliphatic rings. The average Bonchev–Trinajstić information content (AvgIpc) is 2.56. The molecule has 4 heteroatoms. The summed E-state index contributed by atoms with van der Waals surface area (Å²) in [7, 11) is 2.77. The van der Waals surface area contributed by atoms with Gasteiger partial charge in [-0.15, -0.1) is 0 Å². The van der Waals surface area contributed by atoms with Crippen LogP contribution in [-0.4, -0.2) is 30.1 Å². The number of hydrogen-bond acceptors (Lipinski definition) is 3. The quantitative estimate of drug-likeness (QED) is 0.243. The predicted molar refractivity (Wildman–Crippen MR) is 97.3 cm³/mol. The van der Waals surface area contributed by atoms with E-state index in [1.54, 1.807) is 21.3 Å². The number of hydrogen-bond donors (Lipinski definition) is 0. The summed E-state index contributed by atoms with van der Waals surface area (Å²) >= 11 is 0. The van der Waals surface area contributed by atoms with Crippen LogP contribution in [0, 0.1) is 0 Å². The van der Waals surface area contributed by atoms with Gasteiger partial charge in [-0.25, -0.2) is 0 Å². The van der Waals surface area contributed by atoms with E-state index in [1.807, 2.05) is 0 Å². The maximum Gasteiger partial charge on any atom is 0.500 e. The van der Waals surface area contributed by atoms with Crippen molar-refractivity contribution in [2.24, 2.45) is 0 Å². The lowest BCUT2D eigenvalue weighted by Gasteiger charge is -2.24. The molecule has 0 rings (SSSR count). The molecule has 0 aromatic rings. The van der Waals surface area contributed by atoms with Crippen molar-refractivity contribution in [3.8, 4) is 0 Å². The Morgan fingerprint density at radius 3 is 1.14 bits per heavy atom. The van der Waals surface area contributed by atoms with Gasteiger partial charge in [0.25, 0.3) is 0 Å². The maximum atomic E-state index is 5.44. The van der Waals surface area contributed by atoms with Gasteiger partial charge in [0.1, 0.15) is 0 Å². The number of rotatable bonds is 17. The Balaban J connectivity index is 3.27. The van der Waals surface area contributed by atoms with Crippen LogP contribution in [0.15, 0.2) is 0 Å². The normalized spacial score (nSPS) is 12.0. The summed E-state index contributed by atoms with van der Waals surface area (Å²) in [5, 5.41) is 0. The first-order chi connectivity index (χ1) is 10.7. The second-order valence-electron chi connectivity index (χ2n) is 6.29. The van der Waals surface area contributed by atoms with E-state index in [1.165, 1.54) is 77.0 Å². The van der Waals surface area contributed by atoms with Crippen molar-refractivity contribution in [1.29, 1.82) is 0 Å². The first-order valence-electron chi connectivity index (χ1n) is 9.40. The summed E-state index contributed by atoms with van der Waals surface area (Å²) in [4.78, 5) is 0. The average molecular weight is 333 g/mol. The van der Waals surface area contributed by atoms with Gasteiger partial charge in [0.2, 0.25) is 0 Å². The zero-order valence-corrected chi connectivity index (χ0v) is 16.6. The van der Waals surface area contributed by atoms with E-state index in [2.05, 4.69) is 6.92 Å². The summed E-state index contributed by atoms with van der Waals surface area (Å²) in [5.41, 5.74) is 0. The van der Waals surface area contributed by atoms with Crippen LogP contribution in [0.25, 0.3) is 0 Å². The van der Waals surface area contributed by atoms with Crippen molar-refractivity contribution in [3.05, 3.63) is 0 Å². The molecule has 0 unspecified atom stereocenters. The molecule has 0 saturated carbocycles. The molecule has 0 aromatic carbocycles. The summed E-state index contributed by atoms with van der Waals surface area (Å²) in [6, 6.07) is 0.939. The molecule has 0 atom stereocenters. The van der Waals surface area contributed by atoms with Crippen LogP contribution in [0.2, 0.25) is 6.04 Å². The highest BCUT2D eigenvalue weighted by atomic mass is 28.4. The van der Waals surface area contributed by atoms with Gasteiger partial charge in [0.15, 0.2) is 0 Å². The highest BCUT2D eigenvalue weighted by Gasteiger charge is 2.36. The Morgan fingerprint density at radius 1 is 0.500 bits per heavy atom. The molecule has 0 aliphatic carbocycles. The molecule has 22 heavy (non-hydrogen) atoms. The van der Waals surface area contributed by atoms with E-state index in [4.69, 9.17) is 13.3 Å². The second kappa shape index (κ2) is 16.0. The smallest absolute Gasteiger partial charge is 0.377 e. The lowest BCUT2D eigenvalue weighted by molar-refractivity contribution is 0.122. The monoisotopic (exact) mass is 332 g/mol. The predicted octanol–water partition coefficient (Wildman–Crippen LogP) is 5.96. The molecular formula is C18H40O3Si. The fourth-order valence-electron chi connectivity index (χ4n) is 2.92. The van der Waals surface area contributed by atoms with Gasteiger partial charge in [-0.2, -0.15) is 0 Å². The van der Waals surface area contributed by atoms with Gasteiger partial charge in [-0.3, -0.25) is 0 Å². The highest BCUT2D eigenvalue weighted by Crippen LogP contribution is 2.18. The molecule has 0 fully saturated rings. The van der Waals surface area contributed by atoms with E-state index < -0.39 is 8.80 Å². The Hall–Kier alpha value is 0.0969. The minimum absolute atomic E-state index is 0.939. The van der Waals surface area contributed by atoms with Gasteiger partial charge in [-0.05, 0) is 6.42 Å². The van der Waals surface area contributed by atoms with Crippen molar-refractivity contribution in [2.75, 3.05) is 21.3 Å². The summed E-state index contributed by atoms with van der Waals surface area (Å²) in [5.74, 6) is 0. The van der Waals surface area contributed by atoms with Gasteiger partial charge >= 0.3 is 8.80 Å². The summed E-state index contributed by atoms with van der Waals surface area (Å²) < 4.78 is 16.3. The van der Waals surface area contributed by atoms with E-state index in [9.17, 15) is 0 Å². The Labute approximate surface area is 140 Å². The van der Waals surface area contributed by atoms with Crippen LogP contribution >= 0.6 is 0 Å². The molecule has 0 amide bonds. The highest BCUT2D eigenvalue weighted by molar-refractivity contribution is 6.60. The fraction of sp³-hybridized carbons (Fsp3) is 1.00. The largest absolute Gasteiger partial charge is 0.500 e. The molecule has 0 N–H and O–H groups in total. The molecule has 0 spiro atoms. The molecule has 0 aromatic heterocycles. The van der Waals surface area contributed by atoms with Crippen molar-refractivity contribution in [1.82, 2.24) is 0 Å². The van der Waals surface area contributed by atoms with E-state index in [0.29, 0.717) is 0 Å². The zero-order chi connectivity index (χ0) is 16.5. The van der Waals surface area contributed by atoms with Gasteiger partial charge < -0.3 is 13.3 Å². The topological polar surface area (TPSA) is 27.7 Å². The van der Waals surface area contributed by atoms with Gasteiger partial charge in [0, 0.05) is 27.4 Å². The van der Waals surface area contributed by atoms with Gasteiger partial charge in [-0.1, -0.05) is 84.0 Å². The molecule has 0 saturated heterocycles. The molecule has 0 aliphatic heterocycles. The molecular weight excluding hydrogens is 292 g/mol. The van der Waals surface area contributed by atoms with Crippen LogP contribution < -0.4 is 0 Å². The summed E-state index contributed by atoms with van der Waals surface area (Å²) in [6.45, 7) is 2.28. The third-order valence-corrected chi connectivity index (χ3v) is 7.35. The minimum Gasteiger partial charge on any atom is -0.377 e. The molecule has 3 nitrogen and oxygen atoms in total. The molecule has 0 radical (unpaired) electrons. The standard InChI is InChI=1S/C18H40O3Si/c1-5-6-7-8-9-10-11-12-13-14-15-16-17-18-22(19-2,20-3)21-4/h5-18H2,1-4H3. The maximum absolute atomic E-state index is 5.44. The van der Waals surface area contributed by atoms with Crippen LogP contribution in [0.1, 0.15) is 90.4 Å². The van der Waals surface area contributed by atoms with E-state index >= 15 is 0 Å². The third kappa shape index (κ3) is 11.6. The fourth-order valence-corrected chi connectivity index (χ4v) is 4.71. The molecule has 0 heterocycles. The Bertz CT molecular complexity index is 212. The molecule has 0 bridgehead atoms. The zero-order valence-electron chi connectivity index (χ0n) is 15.6. The second-order valence-corrected chi connectivity index (χ2v) is 9.38. The summed E-state index contributed by atoms with van der Waals surface area (Å²) in [6.07, 6.45) is 17.9. The van der Waals surface area contributed by atoms with Crippen molar-refractivity contribution in [3.63, 3.8) is 0 Å². The lowest BCUT2D eigenvalue weighted by Crippen LogP contribution is -2.42. The van der Waals surface area contributed by atoms with E-state index in [0.717, 1.165) is 12.5 Å². The van der Waals surface area contributed by atoms with Crippen LogP contribution in [0.5, 0.6) is 0 Å². The van der Waals surface area contributed by atoms with Gasteiger partial charge in [0.05, 0.1) is 0 Å². The van der Waals surface area contributed by atoms with Crippen LogP contribution in [0.4, 0.5) is 0 Å². The Morgan fingerprint density at radius 2 is 0.818 bits per heavy atom. The van der Waals surface area contributed by atoms with Crippen molar-refractivity contribution < 1.29 is 13.3 Å². The minimum atomic E-state index is -2.32. The van der Waals surface area contributed by atoms with Crippen LogP contribution in [0.3, 0.4) is 0 Å². The van der Waals surface area contributed by atoms with Crippen LogP contribution in [-0.2, 0) is 13.3 Å².